The second kappa shape index (κ2) is 5.99. The van der Waals surface area contributed by atoms with Gasteiger partial charge in [-0.3, -0.25) is 9.40 Å². The van der Waals surface area contributed by atoms with Crippen molar-refractivity contribution >= 4 is 15.8 Å². The third kappa shape index (κ3) is 3.62. The molecular formula is C14H15N3O3S. The van der Waals surface area contributed by atoms with Crippen LogP contribution in [-0.4, -0.2) is 29.9 Å². The molecule has 110 valence electrons. The second-order valence-corrected chi connectivity index (χ2v) is 6.07. The first-order chi connectivity index (χ1) is 9.92. The molecule has 0 spiro atoms. The van der Waals surface area contributed by atoms with E-state index in [0.29, 0.717) is 11.1 Å². The SMILES string of the molecule is Cc1ccc(C#CCO)cc1S(=O)(=O)Nc1ccn(C)n1. The highest BCUT2D eigenvalue weighted by molar-refractivity contribution is 7.92. The molecule has 0 aliphatic heterocycles. The van der Waals surface area contributed by atoms with Gasteiger partial charge in [0.05, 0.1) is 4.90 Å². The Morgan fingerprint density at radius 2 is 2.14 bits per heavy atom. The molecule has 0 atom stereocenters. The number of rotatable bonds is 3. The van der Waals surface area contributed by atoms with E-state index >= 15 is 0 Å². The van der Waals surface area contributed by atoms with Crippen LogP contribution in [0.4, 0.5) is 5.82 Å². The molecular weight excluding hydrogens is 290 g/mol. The van der Waals surface area contributed by atoms with Gasteiger partial charge in [-0.25, -0.2) is 8.42 Å². The first-order valence-electron chi connectivity index (χ1n) is 6.15. The molecule has 0 bridgehead atoms. The largest absolute Gasteiger partial charge is 0.384 e. The molecule has 2 rings (SSSR count). The Kier molecular flexibility index (Phi) is 4.31. The van der Waals surface area contributed by atoms with Crippen molar-refractivity contribution in [3.8, 4) is 11.8 Å². The summed E-state index contributed by atoms with van der Waals surface area (Å²) in [5.41, 5.74) is 1.13. The van der Waals surface area contributed by atoms with E-state index in [1.54, 1.807) is 38.4 Å². The Morgan fingerprint density at radius 3 is 2.76 bits per heavy atom. The fraction of sp³-hybridized carbons (Fsp3) is 0.214. The smallest absolute Gasteiger partial charge is 0.263 e. The number of aliphatic hydroxyl groups excluding tert-OH is 1. The number of anilines is 1. The van der Waals surface area contributed by atoms with Gasteiger partial charge in [-0.1, -0.05) is 17.9 Å². The van der Waals surface area contributed by atoms with Crippen LogP contribution in [0.2, 0.25) is 0 Å². The quantitative estimate of drug-likeness (QED) is 0.824. The molecule has 1 aromatic heterocycles. The molecule has 0 radical (unpaired) electrons. The topological polar surface area (TPSA) is 84.2 Å². The number of hydrogen-bond donors (Lipinski definition) is 2. The molecule has 6 nitrogen and oxygen atoms in total. The number of aryl methyl sites for hydroxylation is 2. The molecule has 1 heterocycles. The first-order valence-corrected chi connectivity index (χ1v) is 7.63. The molecule has 0 saturated carbocycles. The van der Waals surface area contributed by atoms with Crippen molar-refractivity contribution in [3.63, 3.8) is 0 Å². The van der Waals surface area contributed by atoms with Crippen LogP contribution in [0.3, 0.4) is 0 Å². The van der Waals surface area contributed by atoms with Crippen molar-refractivity contribution in [2.75, 3.05) is 11.3 Å². The highest BCUT2D eigenvalue weighted by Gasteiger charge is 2.18. The lowest BCUT2D eigenvalue weighted by Crippen LogP contribution is -2.15. The summed E-state index contributed by atoms with van der Waals surface area (Å²) in [5, 5.41) is 12.7. The van der Waals surface area contributed by atoms with E-state index < -0.39 is 10.0 Å². The molecule has 0 fully saturated rings. The molecule has 0 saturated heterocycles. The van der Waals surface area contributed by atoms with Gasteiger partial charge in [0.2, 0.25) is 0 Å². The first kappa shape index (κ1) is 15.1. The van der Waals surface area contributed by atoms with Crippen LogP contribution in [0, 0.1) is 18.8 Å². The van der Waals surface area contributed by atoms with Crippen LogP contribution in [0.25, 0.3) is 0 Å². The summed E-state index contributed by atoms with van der Waals surface area (Å²) in [7, 11) is -2.03. The standard InChI is InChI=1S/C14H15N3O3S/c1-11-5-6-12(4-3-9-18)10-13(11)21(19,20)16-14-7-8-17(2)15-14/h5-8,10,18H,9H2,1-2H3,(H,15,16). The summed E-state index contributed by atoms with van der Waals surface area (Å²) in [6.45, 7) is 1.43. The van der Waals surface area contributed by atoms with Gasteiger partial charge >= 0.3 is 0 Å². The zero-order valence-corrected chi connectivity index (χ0v) is 12.5. The molecule has 0 amide bonds. The van der Waals surface area contributed by atoms with Gasteiger partial charge in [-0.05, 0) is 24.6 Å². The predicted molar refractivity (Wildman–Crippen MR) is 79.2 cm³/mol. The highest BCUT2D eigenvalue weighted by Crippen LogP contribution is 2.19. The Bertz CT molecular complexity index is 813. The fourth-order valence-electron chi connectivity index (χ4n) is 1.77. The average molecular weight is 305 g/mol. The molecule has 2 N–H and O–H groups in total. The van der Waals surface area contributed by atoms with E-state index in [1.807, 2.05) is 0 Å². The van der Waals surface area contributed by atoms with Gasteiger partial charge in [-0.2, -0.15) is 5.10 Å². The lowest BCUT2D eigenvalue weighted by Gasteiger charge is -2.09. The monoisotopic (exact) mass is 305 g/mol. The normalized spacial score (nSPS) is 10.8. The van der Waals surface area contributed by atoms with Crippen LogP contribution in [0.15, 0.2) is 35.4 Å². The van der Waals surface area contributed by atoms with E-state index in [4.69, 9.17) is 5.11 Å². The van der Waals surface area contributed by atoms with Gasteiger partial charge in [0.25, 0.3) is 10.0 Å². The predicted octanol–water partition coefficient (Wildman–Crippen LogP) is 0.873. The second-order valence-electron chi connectivity index (χ2n) is 4.42. The number of nitrogens with zero attached hydrogens (tertiary/aromatic N) is 2. The number of nitrogens with one attached hydrogen (secondary N) is 1. The van der Waals surface area contributed by atoms with Gasteiger partial charge in [-0.15, -0.1) is 0 Å². The Morgan fingerprint density at radius 1 is 1.38 bits per heavy atom. The van der Waals surface area contributed by atoms with Gasteiger partial charge < -0.3 is 5.11 Å². The number of sulfonamides is 1. The van der Waals surface area contributed by atoms with Crippen LogP contribution < -0.4 is 4.72 Å². The maximum atomic E-state index is 12.4. The lowest BCUT2D eigenvalue weighted by atomic mass is 10.1. The van der Waals surface area contributed by atoms with Gasteiger partial charge in [0, 0.05) is 24.9 Å². The summed E-state index contributed by atoms with van der Waals surface area (Å²) >= 11 is 0. The van der Waals surface area contributed by atoms with Crippen LogP contribution in [0.5, 0.6) is 0 Å². The van der Waals surface area contributed by atoms with E-state index in [0.717, 1.165) is 0 Å². The minimum atomic E-state index is -3.73. The van der Waals surface area contributed by atoms with Crippen molar-refractivity contribution in [2.24, 2.45) is 7.05 Å². The maximum absolute atomic E-state index is 12.4. The summed E-state index contributed by atoms with van der Waals surface area (Å²) in [5.74, 6) is 5.43. The summed E-state index contributed by atoms with van der Waals surface area (Å²) < 4.78 is 28.7. The van der Waals surface area contributed by atoms with Crippen molar-refractivity contribution in [1.82, 2.24) is 9.78 Å². The minimum Gasteiger partial charge on any atom is -0.384 e. The third-order valence-corrected chi connectivity index (χ3v) is 4.24. The molecule has 21 heavy (non-hydrogen) atoms. The summed E-state index contributed by atoms with van der Waals surface area (Å²) in [6.07, 6.45) is 1.65. The van der Waals surface area contributed by atoms with Gasteiger partial charge in [0.15, 0.2) is 5.82 Å². The Balaban J connectivity index is 2.39. The molecule has 0 aliphatic carbocycles. The van der Waals surface area contributed by atoms with Crippen molar-refractivity contribution in [1.29, 1.82) is 0 Å². The number of benzene rings is 1. The van der Waals surface area contributed by atoms with Crippen molar-refractivity contribution in [2.45, 2.75) is 11.8 Å². The molecule has 2 aromatic rings. The highest BCUT2D eigenvalue weighted by atomic mass is 32.2. The van der Waals surface area contributed by atoms with Crippen LogP contribution >= 0.6 is 0 Å². The van der Waals surface area contributed by atoms with E-state index in [2.05, 4.69) is 21.7 Å². The van der Waals surface area contributed by atoms with Crippen molar-refractivity contribution < 1.29 is 13.5 Å². The fourth-order valence-corrected chi connectivity index (χ4v) is 3.04. The molecule has 0 aliphatic rings. The van der Waals surface area contributed by atoms with Crippen molar-refractivity contribution in [3.05, 3.63) is 41.6 Å². The number of aliphatic hydroxyl groups is 1. The van der Waals surface area contributed by atoms with Crippen LogP contribution in [0.1, 0.15) is 11.1 Å². The zero-order valence-electron chi connectivity index (χ0n) is 11.7. The number of hydrogen-bond acceptors (Lipinski definition) is 4. The molecule has 7 heteroatoms. The van der Waals surface area contributed by atoms with Gasteiger partial charge in [0.1, 0.15) is 6.61 Å². The zero-order chi connectivity index (χ0) is 15.5. The Hall–Kier alpha value is -2.30. The number of aromatic nitrogens is 2. The summed E-state index contributed by atoms with van der Waals surface area (Å²) in [6, 6.07) is 6.43. The maximum Gasteiger partial charge on any atom is 0.263 e. The average Bonchev–Trinajstić information content (AvgIpc) is 2.82. The van der Waals surface area contributed by atoms with Crippen LogP contribution in [-0.2, 0) is 17.1 Å². The lowest BCUT2D eigenvalue weighted by molar-refractivity contribution is 0.350. The molecule has 0 unspecified atom stereocenters. The third-order valence-electron chi connectivity index (χ3n) is 2.74. The Labute approximate surface area is 123 Å². The minimum absolute atomic E-state index is 0.137. The van der Waals surface area contributed by atoms with E-state index in [9.17, 15) is 8.42 Å². The summed E-state index contributed by atoms with van der Waals surface area (Å²) in [4.78, 5) is 0.137. The molecule has 1 aromatic carbocycles. The van der Waals surface area contributed by atoms with E-state index in [-0.39, 0.29) is 17.3 Å². The van der Waals surface area contributed by atoms with E-state index in [1.165, 1.54) is 10.7 Å².